The molecule has 8 heteroatoms. The molecule has 1 unspecified atom stereocenters. The van der Waals surface area contributed by atoms with Crippen molar-refractivity contribution in [1.29, 1.82) is 0 Å². The van der Waals surface area contributed by atoms with Crippen molar-refractivity contribution in [2.24, 2.45) is 5.41 Å². The van der Waals surface area contributed by atoms with Crippen LogP contribution in [0.3, 0.4) is 0 Å². The SMILES string of the molecule is CCN(CC)C(=O)C1(C)CC(=O)c2c([nH]c(-c3ccnc(NC(=O)C(C)(C)F)c3)c2Cc2ccccc2)C1. The molecule has 0 bridgehead atoms. The van der Waals surface area contributed by atoms with Crippen molar-refractivity contribution >= 4 is 23.4 Å². The number of ketones is 1. The maximum Gasteiger partial charge on any atom is 0.262 e. The van der Waals surface area contributed by atoms with Crippen LogP contribution in [-0.2, 0) is 22.4 Å². The second-order valence-corrected chi connectivity index (χ2v) is 10.7. The number of anilines is 1. The van der Waals surface area contributed by atoms with Gasteiger partial charge in [-0.15, -0.1) is 0 Å². The normalized spacial score (nSPS) is 17.2. The summed E-state index contributed by atoms with van der Waals surface area (Å²) in [6.45, 7) is 9.29. The molecule has 1 atom stereocenters. The number of fused-ring (bicyclic) bond motifs is 1. The largest absolute Gasteiger partial charge is 0.358 e. The Morgan fingerprint density at radius 3 is 2.45 bits per heavy atom. The summed E-state index contributed by atoms with van der Waals surface area (Å²) in [4.78, 5) is 48.7. The van der Waals surface area contributed by atoms with E-state index in [2.05, 4.69) is 15.3 Å². The number of carbonyl (C=O) groups excluding carboxylic acids is 3. The number of pyridine rings is 1. The molecule has 2 amide bonds. The molecule has 38 heavy (non-hydrogen) atoms. The minimum absolute atomic E-state index is 0.0231. The molecule has 0 saturated heterocycles. The highest BCUT2D eigenvalue weighted by atomic mass is 19.1. The average Bonchev–Trinajstić information content (AvgIpc) is 3.23. The molecular formula is C30H35FN4O3. The van der Waals surface area contributed by atoms with Crippen molar-refractivity contribution in [3.63, 3.8) is 0 Å². The van der Waals surface area contributed by atoms with E-state index in [0.717, 1.165) is 22.5 Å². The van der Waals surface area contributed by atoms with Crippen molar-refractivity contribution in [3.05, 3.63) is 71.0 Å². The zero-order valence-electron chi connectivity index (χ0n) is 22.7. The first-order valence-corrected chi connectivity index (χ1v) is 13.0. The monoisotopic (exact) mass is 518 g/mol. The number of Topliss-reactive ketones (excluding diaryl/α,β-unsaturated/α-hetero) is 1. The van der Waals surface area contributed by atoms with Gasteiger partial charge in [0.15, 0.2) is 11.5 Å². The number of halogens is 1. The van der Waals surface area contributed by atoms with E-state index < -0.39 is 17.0 Å². The molecular weight excluding hydrogens is 483 g/mol. The zero-order chi connectivity index (χ0) is 27.7. The van der Waals surface area contributed by atoms with Crippen LogP contribution >= 0.6 is 0 Å². The fourth-order valence-corrected chi connectivity index (χ4v) is 5.15. The smallest absolute Gasteiger partial charge is 0.262 e. The topological polar surface area (TPSA) is 95.2 Å². The second kappa shape index (κ2) is 10.5. The summed E-state index contributed by atoms with van der Waals surface area (Å²) in [5.41, 5.74) is 1.77. The summed E-state index contributed by atoms with van der Waals surface area (Å²) < 4.78 is 14.1. The fourth-order valence-electron chi connectivity index (χ4n) is 5.15. The molecule has 1 aromatic carbocycles. The number of hydrogen-bond donors (Lipinski definition) is 2. The molecule has 2 heterocycles. The molecule has 200 valence electrons. The molecule has 1 aliphatic carbocycles. The van der Waals surface area contributed by atoms with Crippen LogP contribution in [0.25, 0.3) is 11.3 Å². The number of aromatic nitrogens is 2. The van der Waals surface area contributed by atoms with Crippen LogP contribution in [0.1, 0.15) is 68.2 Å². The van der Waals surface area contributed by atoms with E-state index in [1.807, 2.05) is 51.1 Å². The number of benzene rings is 1. The van der Waals surface area contributed by atoms with Gasteiger partial charge in [-0.05, 0) is 57.9 Å². The van der Waals surface area contributed by atoms with Gasteiger partial charge in [-0.2, -0.15) is 0 Å². The van der Waals surface area contributed by atoms with Gasteiger partial charge in [-0.1, -0.05) is 30.3 Å². The predicted octanol–water partition coefficient (Wildman–Crippen LogP) is 5.36. The van der Waals surface area contributed by atoms with Gasteiger partial charge in [-0.25, -0.2) is 9.37 Å². The van der Waals surface area contributed by atoms with E-state index in [4.69, 9.17) is 0 Å². The van der Waals surface area contributed by atoms with Crippen LogP contribution in [-0.4, -0.2) is 51.2 Å². The van der Waals surface area contributed by atoms with Crippen molar-refractivity contribution in [2.75, 3.05) is 18.4 Å². The zero-order valence-corrected chi connectivity index (χ0v) is 22.7. The van der Waals surface area contributed by atoms with Crippen LogP contribution in [0.2, 0.25) is 0 Å². The minimum Gasteiger partial charge on any atom is -0.358 e. The first kappa shape index (κ1) is 27.2. The molecule has 3 aromatic rings. The summed E-state index contributed by atoms with van der Waals surface area (Å²) in [7, 11) is 0. The van der Waals surface area contributed by atoms with Gasteiger partial charge >= 0.3 is 0 Å². The highest BCUT2D eigenvalue weighted by Crippen LogP contribution is 2.42. The molecule has 0 fully saturated rings. The third-order valence-corrected chi connectivity index (χ3v) is 7.20. The Morgan fingerprint density at radius 1 is 1.13 bits per heavy atom. The van der Waals surface area contributed by atoms with Crippen molar-refractivity contribution in [1.82, 2.24) is 14.9 Å². The lowest BCUT2D eigenvalue weighted by Gasteiger charge is -2.35. The Bertz CT molecular complexity index is 1360. The molecule has 2 N–H and O–H groups in total. The van der Waals surface area contributed by atoms with Crippen LogP contribution < -0.4 is 5.32 Å². The Kier molecular flexibility index (Phi) is 7.54. The first-order chi connectivity index (χ1) is 18.0. The van der Waals surface area contributed by atoms with Crippen LogP contribution in [0, 0.1) is 5.41 Å². The number of rotatable bonds is 8. The highest BCUT2D eigenvalue weighted by molar-refractivity contribution is 6.05. The fraction of sp³-hybridized carbons (Fsp3) is 0.400. The lowest BCUT2D eigenvalue weighted by molar-refractivity contribution is -0.141. The van der Waals surface area contributed by atoms with Gasteiger partial charge in [0.1, 0.15) is 5.82 Å². The van der Waals surface area contributed by atoms with Crippen LogP contribution in [0.5, 0.6) is 0 Å². The quantitative estimate of drug-likeness (QED) is 0.420. The Labute approximate surface area is 222 Å². The number of aromatic amines is 1. The number of hydrogen-bond acceptors (Lipinski definition) is 4. The number of H-pyrrole nitrogens is 1. The summed E-state index contributed by atoms with van der Waals surface area (Å²) >= 11 is 0. The van der Waals surface area contributed by atoms with Gasteiger partial charge in [0.25, 0.3) is 5.91 Å². The maximum atomic E-state index is 14.1. The van der Waals surface area contributed by atoms with Gasteiger partial charge in [0.2, 0.25) is 5.91 Å². The summed E-state index contributed by atoms with van der Waals surface area (Å²) in [5, 5.41) is 2.53. The number of alkyl halides is 1. The third kappa shape index (κ3) is 5.39. The van der Waals surface area contributed by atoms with Crippen LogP contribution in [0.15, 0.2) is 48.7 Å². The van der Waals surface area contributed by atoms with Crippen molar-refractivity contribution in [3.8, 4) is 11.3 Å². The van der Waals surface area contributed by atoms with Crippen molar-refractivity contribution in [2.45, 2.75) is 59.5 Å². The molecule has 0 aliphatic heterocycles. The highest BCUT2D eigenvalue weighted by Gasteiger charge is 2.44. The first-order valence-electron chi connectivity index (χ1n) is 13.0. The second-order valence-electron chi connectivity index (χ2n) is 10.7. The van der Waals surface area contributed by atoms with E-state index in [1.54, 1.807) is 17.0 Å². The summed E-state index contributed by atoms with van der Waals surface area (Å²) in [6.07, 6.45) is 2.60. The van der Waals surface area contributed by atoms with E-state index >= 15 is 0 Å². The lowest BCUT2D eigenvalue weighted by atomic mass is 9.72. The number of nitrogens with one attached hydrogen (secondary N) is 2. The Morgan fingerprint density at radius 2 is 1.82 bits per heavy atom. The van der Waals surface area contributed by atoms with E-state index in [9.17, 15) is 18.8 Å². The molecule has 1 aliphatic rings. The molecule has 0 radical (unpaired) electrons. The molecule has 2 aromatic heterocycles. The Balaban J connectivity index is 1.80. The number of carbonyl (C=O) groups is 3. The lowest BCUT2D eigenvalue weighted by Crippen LogP contribution is -2.46. The summed E-state index contributed by atoms with van der Waals surface area (Å²) in [5.74, 6) is -0.669. The third-order valence-electron chi connectivity index (χ3n) is 7.20. The van der Waals surface area contributed by atoms with E-state index in [0.29, 0.717) is 37.1 Å². The molecule has 4 rings (SSSR count). The predicted molar refractivity (Wildman–Crippen MR) is 146 cm³/mol. The van der Waals surface area contributed by atoms with Gasteiger partial charge in [0.05, 0.1) is 11.1 Å². The Hall–Kier alpha value is -3.81. The average molecular weight is 519 g/mol. The van der Waals surface area contributed by atoms with Crippen molar-refractivity contribution < 1.29 is 18.8 Å². The molecule has 7 nitrogen and oxygen atoms in total. The maximum absolute atomic E-state index is 14.1. The standard InChI is InChI=1S/C30H35FN4O3/c1-6-35(7-2)28(38)30(5)17-22-25(23(36)18-30)21(15-19-11-9-8-10-12-19)26(33-22)20-13-14-32-24(16-20)34-27(37)29(3,4)31/h8-14,16,33H,6-7,15,17-18H2,1-5H3,(H,32,34,37). The van der Waals surface area contributed by atoms with Gasteiger partial charge < -0.3 is 15.2 Å². The molecule has 0 spiro atoms. The van der Waals surface area contributed by atoms with E-state index in [1.165, 1.54) is 20.0 Å². The molecule has 0 saturated carbocycles. The summed E-state index contributed by atoms with van der Waals surface area (Å²) in [6, 6.07) is 13.3. The van der Waals surface area contributed by atoms with E-state index in [-0.39, 0.29) is 23.9 Å². The number of amides is 2. The van der Waals surface area contributed by atoms with Gasteiger partial charge in [0, 0.05) is 55.4 Å². The minimum atomic E-state index is -2.06. The van der Waals surface area contributed by atoms with Gasteiger partial charge in [-0.3, -0.25) is 14.4 Å². The van der Waals surface area contributed by atoms with Crippen LogP contribution in [0.4, 0.5) is 10.2 Å². The number of nitrogens with zero attached hydrogens (tertiary/aromatic N) is 2.